The lowest BCUT2D eigenvalue weighted by atomic mass is 10.1. The second-order valence-corrected chi connectivity index (χ2v) is 7.10. The van der Waals surface area contributed by atoms with Crippen molar-refractivity contribution in [2.45, 2.75) is 44.1 Å². The maximum absolute atomic E-state index is 12.4. The number of amides is 1. The number of hydrogen-bond donors (Lipinski definition) is 1. The molecule has 2 unspecified atom stereocenters. The SMILES string of the molecule is Cc1nc(C2CC2)sc1C(=O)NC1CC1c1ccccc1. The summed E-state index contributed by atoms with van der Waals surface area (Å²) in [7, 11) is 0. The third-order valence-corrected chi connectivity index (χ3v) is 5.60. The van der Waals surface area contributed by atoms with E-state index in [1.165, 1.54) is 18.4 Å². The van der Waals surface area contributed by atoms with Crippen molar-refractivity contribution in [2.24, 2.45) is 0 Å². The molecule has 1 heterocycles. The molecule has 0 radical (unpaired) electrons. The third kappa shape index (κ3) is 2.60. The second kappa shape index (κ2) is 4.95. The molecule has 2 aromatic rings. The predicted octanol–water partition coefficient (Wildman–Crippen LogP) is 3.61. The lowest BCUT2D eigenvalue weighted by Crippen LogP contribution is -2.26. The first-order valence-corrected chi connectivity index (χ1v) is 8.37. The zero-order valence-electron chi connectivity index (χ0n) is 12.0. The number of carbonyl (C=O) groups excluding carboxylic acids is 1. The van der Waals surface area contributed by atoms with E-state index in [0.29, 0.717) is 11.8 Å². The molecule has 21 heavy (non-hydrogen) atoms. The van der Waals surface area contributed by atoms with Gasteiger partial charge in [0, 0.05) is 17.9 Å². The Labute approximate surface area is 128 Å². The van der Waals surface area contributed by atoms with Crippen LogP contribution in [-0.2, 0) is 0 Å². The number of benzene rings is 1. The molecule has 2 aliphatic carbocycles. The highest BCUT2D eigenvalue weighted by Crippen LogP contribution is 2.43. The number of carbonyl (C=O) groups is 1. The van der Waals surface area contributed by atoms with Gasteiger partial charge in [-0.15, -0.1) is 11.3 Å². The van der Waals surface area contributed by atoms with Gasteiger partial charge in [-0.1, -0.05) is 30.3 Å². The molecule has 2 saturated carbocycles. The average molecular weight is 298 g/mol. The monoisotopic (exact) mass is 298 g/mol. The fourth-order valence-electron chi connectivity index (χ4n) is 2.79. The van der Waals surface area contributed by atoms with Crippen molar-refractivity contribution < 1.29 is 4.79 Å². The average Bonchev–Trinajstić information content (AvgIpc) is 3.40. The van der Waals surface area contributed by atoms with E-state index in [9.17, 15) is 4.79 Å². The highest BCUT2D eigenvalue weighted by atomic mass is 32.1. The Morgan fingerprint density at radius 3 is 2.76 bits per heavy atom. The Kier molecular flexibility index (Phi) is 3.07. The third-order valence-electron chi connectivity index (χ3n) is 4.28. The van der Waals surface area contributed by atoms with Crippen LogP contribution in [-0.4, -0.2) is 16.9 Å². The van der Waals surface area contributed by atoms with Crippen molar-refractivity contribution in [3.8, 4) is 0 Å². The molecular weight excluding hydrogens is 280 g/mol. The fraction of sp³-hybridized carbons (Fsp3) is 0.412. The second-order valence-electron chi connectivity index (χ2n) is 6.07. The maximum Gasteiger partial charge on any atom is 0.263 e. The fourth-order valence-corrected chi connectivity index (χ4v) is 3.93. The zero-order valence-corrected chi connectivity index (χ0v) is 12.8. The van der Waals surface area contributed by atoms with Crippen molar-refractivity contribution in [3.05, 3.63) is 51.5 Å². The molecule has 3 nitrogen and oxygen atoms in total. The first-order valence-electron chi connectivity index (χ1n) is 7.55. The molecule has 0 bridgehead atoms. The first-order chi connectivity index (χ1) is 10.2. The molecule has 108 valence electrons. The molecule has 1 aromatic heterocycles. The molecule has 0 aliphatic heterocycles. The van der Waals surface area contributed by atoms with Crippen molar-refractivity contribution in [1.29, 1.82) is 0 Å². The van der Waals surface area contributed by atoms with Crippen LogP contribution in [0.4, 0.5) is 0 Å². The topological polar surface area (TPSA) is 42.0 Å². The summed E-state index contributed by atoms with van der Waals surface area (Å²) in [6.45, 7) is 1.94. The predicted molar refractivity (Wildman–Crippen MR) is 83.9 cm³/mol. The highest BCUT2D eigenvalue weighted by Gasteiger charge is 2.40. The molecule has 4 rings (SSSR count). The molecule has 1 amide bonds. The summed E-state index contributed by atoms with van der Waals surface area (Å²) in [4.78, 5) is 17.8. The molecule has 1 N–H and O–H groups in total. The van der Waals surface area contributed by atoms with Gasteiger partial charge in [-0.25, -0.2) is 4.98 Å². The van der Waals surface area contributed by atoms with Gasteiger partial charge in [-0.3, -0.25) is 4.79 Å². The van der Waals surface area contributed by atoms with Crippen LogP contribution in [0.25, 0.3) is 0 Å². The van der Waals surface area contributed by atoms with E-state index in [0.717, 1.165) is 22.0 Å². The lowest BCUT2D eigenvalue weighted by Gasteiger charge is -2.03. The quantitative estimate of drug-likeness (QED) is 0.937. The minimum absolute atomic E-state index is 0.0559. The van der Waals surface area contributed by atoms with Gasteiger partial charge in [-0.2, -0.15) is 0 Å². The van der Waals surface area contributed by atoms with E-state index in [2.05, 4.69) is 34.6 Å². The Morgan fingerprint density at radius 2 is 2.05 bits per heavy atom. The Bertz CT molecular complexity index is 675. The standard InChI is InChI=1S/C17H18N2OS/c1-10-15(21-17(18-10)12-7-8-12)16(20)19-14-9-13(14)11-5-3-2-4-6-11/h2-6,12-14H,7-9H2,1H3,(H,19,20). The molecule has 2 aliphatic rings. The summed E-state index contributed by atoms with van der Waals surface area (Å²) in [6, 6.07) is 10.7. The largest absolute Gasteiger partial charge is 0.348 e. The van der Waals surface area contributed by atoms with Crippen molar-refractivity contribution in [3.63, 3.8) is 0 Å². The Balaban J connectivity index is 1.43. The van der Waals surface area contributed by atoms with E-state index in [1.54, 1.807) is 11.3 Å². The van der Waals surface area contributed by atoms with Crippen LogP contribution in [0, 0.1) is 6.92 Å². The van der Waals surface area contributed by atoms with Crippen molar-refractivity contribution >= 4 is 17.2 Å². The van der Waals surface area contributed by atoms with E-state index >= 15 is 0 Å². The molecule has 2 atom stereocenters. The summed E-state index contributed by atoms with van der Waals surface area (Å²) < 4.78 is 0. The number of nitrogens with one attached hydrogen (secondary N) is 1. The molecule has 2 fully saturated rings. The van der Waals surface area contributed by atoms with Gasteiger partial charge < -0.3 is 5.32 Å². The summed E-state index contributed by atoms with van der Waals surface area (Å²) >= 11 is 1.58. The number of thiazole rings is 1. The number of aryl methyl sites for hydroxylation is 1. The van der Waals surface area contributed by atoms with Gasteiger partial charge in [0.05, 0.1) is 10.7 Å². The van der Waals surface area contributed by atoms with E-state index in [1.807, 2.05) is 13.0 Å². The molecule has 1 aromatic carbocycles. The van der Waals surface area contributed by atoms with E-state index in [-0.39, 0.29) is 11.9 Å². The van der Waals surface area contributed by atoms with Crippen LogP contribution >= 0.6 is 11.3 Å². The van der Waals surface area contributed by atoms with Crippen LogP contribution in [0.2, 0.25) is 0 Å². The molecular formula is C17H18N2OS. The summed E-state index contributed by atoms with van der Waals surface area (Å²) in [5, 5.41) is 4.31. The minimum atomic E-state index is 0.0559. The molecule has 0 saturated heterocycles. The number of rotatable bonds is 4. The van der Waals surface area contributed by atoms with Gasteiger partial charge in [0.2, 0.25) is 0 Å². The van der Waals surface area contributed by atoms with Crippen molar-refractivity contribution in [1.82, 2.24) is 10.3 Å². The maximum atomic E-state index is 12.4. The number of hydrogen-bond acceptors (Lipinski definition) is 3. The van der Waals surface area contributed by atoms with Gasteiger partial charge in [0.25, 0.3) is 5.91 Å². The first kappa shape index (κ1) is 13.0. The minimum Gasteiger partial charge on any atom is -0.348 e. The van der Waals surface area contributed by atoms with Crippen LogP contribution in [0.15, 0.2) is 30.3 Å². The van der Waals surface area contributed by atoms with Crippen LogP contribution in [0.1, 0.15) is 57.0 Å². The van der Waals surface area contributed by atoms with Gasteiger partial charge in [0.1, 0.15) is 4.88 Å². The summed E-state index contributed by atoms with van der Waals surface area (Å²) in [5.41, 5.74) is 2.21. The summed E-state index contributed by atoms with van der Waals surface area (Å²) in [5.74, 6) is 1.15. The number of aromatic nitrogens is 1. The smallest absolute Gasteiger partial charge is 0.263 e. The van der Waals surface area contributed by atoms with E-state index in [4.69, 9.17) is 0 Å². The lowest BCUT2D eigenvalue weighted by molar-refractivity contribution is 0.0953. The Morgan fingerprint density at radius 1 is 1.29 bits per heavy atom. The normalized spacial score (nSPS) is 23.9. The van der Waals surface area contributed by atoms with E-state index < -0.39 is 0 Å². The van der Waals surface area contributed by atoms with Gasteiger partial charge in [-0.05, 0) is 31.7 Å². The zero-order chi connectivity index (χ0) is 14.4. The van der Waals surface area contributed by atoms with Gasteiger partial charge in [0.15, 0.2) is 0 Å². The molecule has 4 heteroatoms. The highest BCUT2D eigenvalue weighted by molar-refractivity contribution is 7.14. The number of nitrogens with zero attached hydrogens (tertiary/aromatic N) is 1. The van der Waals surface area contributed by atoms with Crippen molar-refractivity contribution in [2.75, 3.05) is 0 Å². The Hall–Kier alpha value is -1.68. The van der Waals surface area contributed by atoms with Crippen LogP contribution in [0.3, 0.4) is 0 Å². The van der Waals surface area contributed by atoms with Gasteiger partial charge >= 0.3 is 0 Å². The van der Waals surface area contributed by atoms with Crippen LogP contribution in [0.5, 0.6) is 0 Å². The van der Waals surface area contributed by atoms with Crippen LogP contribution < -0.4 is 5.32 Å². The molecule has 0 spiro atoms. The summed E-state index contributed by atoms with van der Waals surface area (Å²) in [6.07, 6.45) is 3.50.